The molecule has 1 aromatic rings. The SMILES string of the molecule is Cc1c(Cl)cccc1NC(=O)C(C)(C)C. The molecule has 0 saturated carbocycles. The summed E-state index contributed by atoms with van der Waals surface area (Å²) in [5, 5.41) is 3.54. The predicted octanol–water partition coefficient (Wildman–Crippen LogP) is 3.63. The highest BCUT2D eigenvalue weighted by atomic mass is 35.5. The maximum Gasteiger partial charge on any atom is 0.229 e. The number of nitrogens with one attached hydrogen (secondary N) is 1. The Morgan fingerprint density at radius 1 is 1.33 bits per heavy atom. The van der Waals surface area contributed by atoms with Gasteiger partial charge >= 0.3 is 0 Å². The second kappa shape index (κ2) is 4.23. The lowest BCUT2D eigenvalue weighted by Crippen LogP contribution is -2.27. The molecule has 0 aliphatic carbocycles. The second-order valence-corrected chi connectivity index (χ2v) is 5.02. The first-order valence-electron chi connectivity index (χ1n) is 4.89. The van der Waals surface area contributed by atoms with Gasteiger partial charge in [-0.1, -0.05) is 38.4 Å². The maximum absolute atomic E-state index is 11.7. The molecule has 0 bridgehead atoms. The highest BCUT2D eigenvalue weighted by Gasteiger charge is 2.21. The lowest BCUT2D eigenvalue weighted by molar-refractivity contribution is -0.123. The molecule has 3 heteroatoms. The molecule has 82 valence electrons. The Morgan fingerprint density at radius 3 is 2.47 bits per heavy atom. The number of hydrogen-bond donors (Lipinski definition) is 1. The summed E-state index contributed by atoms with van der Waals surface area (Å²) >= 11 is 5.96. The van der Waals surface area contributed by atoms with Gasteiger partial charge in [-0.2, -0.15) is 0 Å². The summed E-state index contributed by atoms with van der Waals surface area (Å²) in [6.07, 6.45) is 0. The van der Waals surface area contributed by atoms with Gasteiger partial charge in [-0.3, -0.25) is 4.79 Å². The van der Waals surface area contributed by atoms with Crippen LogP contribution in [0.25, 0.3) is 0 Å². The molecule has 0 spiro atoms. The zero-order chi connectivity index (χ0) is 11.6. The Kier molecular flexibility index (Phi) is 3.40. The van der Waals surface area contributed by atoms with Gasteiger partial charge in [0.25, 0.3) is 0 Å². The number of halogens is 1. The second-order valence-electron chi connectivity index (χ2n) is 4.62. The van der Waals surface area contributed by atoms with Crippen LogP contribution in [-0.4, -0.2) is 5.91 Å². The van der Waals surface area contributed by atoms with E-state index in [1.165, 1.54) is 0 Å². The molecule has 0 atom stereocenters. The van der Waals surface area contributed by atoms with E-state index in [9.17, 15) is 4.79 Å². The number of anilines is 1. The van der Waals surface area contributed by atoms with Crippen LogP contribution in [0.3, 0.4) is 0 Å². The summed E-state index contributed by atoms with van der Waals surface area (Å²) < 4.78 is 0. The summed E-state index contributed by atoms with van der Waals surface area (Å²) in [5.41, 5.74) is 1.29. The molecule has 1 amide bonds. The zero-order valence-corrected chi connectivity index (χ0v) is 10.3. The van der Waals surface area contributed by atoms with E-state index in [0.29, 0.717) is 5.02 Å². The topological polar surface area (TPSA) is 29.1 Å². The molecule has 0 fully saturated rings. The summed E-state index contributed by atoms with van der Waals surface area (Å²) in [6.45, 7) is 7.52. The Bertz CT molecular complexity index is 380. The Morgan fingerprint density at radius 2 is 1.93 bits per heavy atom. The molecule has 0 unspecified atom stereocenters. The Labute approximate surface area is 95.6 Å². The van der Waals surface area contributed by atoms with Crippen LogP contribution in [0.5, 0.6) is 0 Å². The minimum atomic E-state index is -0.394. The number of carbonyl (C=O) groups is 1. The molecule has 1 aromatic carbocycles. The molecule has 0 aromatic heterocycles. The third kappa shape index (κ3) is 2.96. The van der Waals surface area contributed by atoms with E-state index in [1.807, 2.05) is 45.9 Å². The Balaban J connectivity index is 2.91. The first-order valence-corrected chi connectivity index (χ1v) is 5.27. The Hall–Kier alpha value is -1.02. The van der Waals surface area contributed by atoms with Crippen molar-refractivity contribution in [2.75, 3.05) is 5.32 Å². The normalized spacial score (nSPS) is 11.3. The first-order chi connectivity index (χ1) is 6.82. The van der Waals surface area contributed by atoms with Crippen molar-refractivity contribution in [3.8, 4) is 0 Å². The molecule has 0 heterocycles. The van der Waals surface area contributed by atoms with E-state index in [1.54, 1.807) is 0 Å². The van der Waals surface area contributed by atoms with Crippen molar-refractivity contribution in [3.05, 3.63) is 28.8 Å². The molecule has 0 saturated heterocycles. The molecule has 0 radical (unpaired) electrons. The van der Waals surface area contributed by atoms with Gasteiger partial charge in [0, 0.05) is 16.1 Å². The van der Waals surface area contributed by atoms with Gasteiger partial charge in [-0.15, -0.1) is 0 Å². The van der Waals surface area contributed by atoms with Crippen molar-refractivity contribution < 1.29 is 4.79 Å². The van der Waals surface area contributed by atoms with Crippen LogP contribution in [0.1, 0.15) is 26.3 Å². The average Bonchev–Trinajstić information content (AvgIpc) is 2.11. The van der Waals surface area contributed by atoms with Crippen molar-refractivity contribution in [3.63, 3.8) is 0 Å². The number of rotatable bonds is 1. The van der Waals surface area contributed by atoms with Gasteiger partial charge in [-0.25, -0.2) is 0 Å². The van der Waals surface area contributed by atoms with E-state index in [0.717, 1.165) is 11.3 Å². The van der Waals surface area contributed by atoms with Crippen LogP contribution < -0.4 is 5.32 Å². The van der Waals surface area contributed by atoms with Crippen molar-refractivity contribution in [1.82, 2.24) is 0 Å². The molecule has 2 nitrogen and oxygen atoms in total. The number of benzene rings is 1. The molecule has 15 heavy (non-hydrogen) atoms. The number of amides is 1. The summed E-state index contributed by atoms with van der Waals surface area (Å²) in [7, 11) is 0. The standard InChI is InChI=1S/C12H16ClNO/c1-8-9(13)6-5-7-10(8)14-11(15)12(2,3)4/h5-7H,1-4H3,(H,14,15). The fraction of sp³-hybridized carbons (Fsp3) is 0.417. The van der Waals surface area contributed by atoms with Gasteiger partial charge < -0.3 is 5.32 Å². The lowest BCUT2D eigenvalue weighted by atomic mass is 9.95. The molecule has 0 aliphatic heterocycles. The summed E-state index contributed by atoms with van der Waals surface area (Å²) in [4.78, 5) is 11.7. The third-order valence-corrected chi connectivity index (χ3v) is 2.61. The van der Waals surface area contributed by atoms with Crippen LogP contribution in [-0.2, 0) is 4.79 Å². The van der Waals surface area contributed by atoms with Gasteiger partial charge in [0.05, 0.1) is 0 Å². The minimum Gasteiger partial charge on any atom is -0.325 e. The zero-order valence-electron chi connectivity index (χ0n) is 9.52. The first kappa shape index (κ1) is 12.1. The average molecular weight is 226 g/mol. The molecule has 0 aliphatic rings. The maximum atomic E-state index is 11.7. The van der Waals surface area contributed by atoms with Crippen LogP contribution in [0.2, 0.25) is 5.02 Å². The number of carbonyl (C=O) groups excluding carboxylic acids is 1. The lowest BCUT2D eigenvalue weighted by Gasteiger charge is -2.18. The molecule has 1 N–H and O–H groups in total. The molecule has 1 rings (SSSR count). The monoisotopic (exact) mass is 225 g/mol. The number of hydrogen-bond acceptors (Lipinski definition) is 1. The largest absolute Gasteiger partial charge is 0.325 e. The molecular formula is C12H16ClNO. The highest BCUT2D eigenvalue weighted by Crippen LogP contribution is 2.25. The van der Waals surface area contributed by atoms with Gasteiger partial charge in [0.15, 0.2) is 0 Å². The van der Waals surface area contributed by atoms with E-state index in [2.05, 4.69) is 5.32 Å². The van der Waals surface area contributed by atoms with E-state index in [4.69, 9.17) is 11.6 Å². The smallest absolute Gasteiger partial charge is 0.229 e. The van der Waals surface area contributed by atoms with E-state index in [-0.39, 0.29) is 5.91 Å². The van der Waals surface area contributed by atoms with E-state index >= 15 is 0 Å². The predicted molar refractivity (Wildman–Crippen MR) is 64.3 cm³/mol. The fourth-order valence-electron chi connectivity index (χ4n) is 1.05. The van der Waals surface area contributed by atoms with Crippen LogP contribution in [0.15, 0.2) is 18.2 Å². The van der Waals surface area contributed by atoms with Crippen molar-refractivity contribution in [2.24, 2.45) is 5.41 Å². The molecular weight excluding hydrogens is 210 g/mol. The van der Waals surface area contributed by atoms with Gasteiger partial charge in [0.2, 0.25) is 5.91 Å². The fourth-order valence-corrected chi connectivity index (χ4v) is 1.23. The van der Waals surface area contributed by atoms with Crippen LogP contribution in [0.4, 0.5) is 5.69 Å². The van der Waals surface area contributed by atoms with Gasteiger partial charge in [-0.05, 0) is 24.6 Å². The van der Waals surface area contributed by atoms with Crippen LogP contribution in [0, 0.1) is 12.3 Å². The van der Waals surface area contributed by atoms with Crippen molar-refractivity contribution in [2.45, 2.75) is 27.7 Å². The quantitative estimate of drug-likeness (QED) is 0.777. The third-order valence-electron chi connectivity index (χ3n) is 2.20. The van der Waals surface area contributed by atoms with E-state index < -0.39 is 5.41 Å². The summed E-state index contributed by atoms with van der Waals surface area (Å²) in [5.74, 6) is -0.00660. The van der Waals surface area contributed by atoms with Crippen molar-refractivity contribution >= 4 is 23.2 Å². The highest BCUT2D eigenvalue weighted by molar-refractivity contribution is 6.31. The van der Waals surface area contributed by atoms with Gasteiger partial charge in [0.1, 0.15) is 0 Å². The minimum absolute atomic E-state index is 0.00660. The van der Waals surface area contributed by atoms with Crippen LogP contribution >= 0.6 is 11.6 Å². The summed E-state index contributed by atoms with van der Waals surface area (Å²) in [6, 6.07) is 5.49. The van der Waals surface area contributed by atoms with Crippen molar-refractivity contribution in [1.29, 1.82) is 0 Å².